The topological polar surface area (TPSA) is 69.6 Å². The summed E-state index contributed by atoms with van der Waals surface area (Å²) in [4.78, 5) is 12.0. The van der Waals surface area contributed by atoms with Crippen LogP contribution in [0.15, 0.2) is 12.1 Å². The lowest BCUT2D eigenvalue weighted by Crippen LogP contribution is -2.14. The molecule has 0 unspecified atom stereocenters. The van der Waals surface area contributed by atoms with Crippen LogP contribution in [0.25, 0.3) is 0 Å². The van der Waals surface area contributed by atoms with Gasteiger partial charge in [0.1, 0.15) is 4.88 Å². The number of rotatable bonds is 7. The Morgan fingerprint density at radius 3 is 2.80 bits per heavy atom. The monoisotopic (exact) mass is 229 g/mol. The molecular weight excluding hydrogens is 214 g/mol. The van der Waals surface area contributed by atoms with E-state index in [4.69, 9.17) is 10.2 Å². The summed E-state index contributed by atoms with van der Waals surface area (Å²) in [5.74, 6) is -0.869. The van der Waals surface area contributed by atoms with E-state index in [1.165, 1.54) is 11.3 Å². The van der Waals surface area contributed by atoms with Gasteiger partial charge >= 0.3 is 5.97 Å². The highest BCUT2D eigenvalue weighted by atomic mass is 32.1. The predicted octanol–water partition coefficient (Wildman–Crippen LogP) is 1.31. The van der Waals surface area contributed by atoms with Crippen molar-refractivity contribution in [3.05, 3.63) is 21.9 Å². The molecule has 0 aromatic carbocycles. The molecule has 0 fully saturated rings. The van der Waals surface area contributed by atoms with Gasteiger partial charge in [-0.25, -0.2) is 4.79 Å². The Morgan fingerprint density at radius 1 is 1.40 bits per heavy atom. The van der Waals surface area contributed by atoms with Crippen LogP contribution >= 0.6 is 11.3 Å². The third-order valence-electron chi connectivity index (χ3n) is 1.93. The summed E-state index contributed by atoms with van der Waals surface area (Å²) in [5, 5.41) is 20.5. The zero-order chi connectivity index (χ0) is 11.1. The van der Waals surface area contributed by atoms with Crippen molar-refractivity contribution in [1.29, 1.82) is 0 Å². The molecule has 0 atom stereocenters. The number of unbranched alkanes of at least 4 members (excludes halogenated alkanes) is 1. The molecular formula is C10H15NO3S. The van der Waals surface area contributed by atoms with Gasteiger partial charge in [-0.05, 0) is 31.5 Å². The lowest BCUT2D eigenvalue weighted by atomic mass is 10.3. The second kappa shape index (κ2) is 6.55. The minimum Gasteiger partial charge on any atom is -0.477 e. The van der Waals surface area contributed by atoms with Gasteiger partial charge < -0.3 is 15.5 Å². The number of thiophene rings is 1. The molecule has 0 spiro atoms. The van der Waals surface area contributed by atoms with Gasteiger partial charge in [-0.2, -0.15) is 0 Å². The van der Waals surface area contributed by atoms with E-state index in [2.05, 4.69) is 5.32 Å². The van der Waals surface area contributed by atoms with Crippen LogP contribution in [0.2, 0.25) is 0 Å². The zero-order valence-corrected chi connectivity index (χ0v) is 9.22. The minimum absolute atomic E-state index is 0.226. The number of carboxylic acids is 1. The minimum atomic E-state index is -0.869. The normalized spacial score (nSPS) is 10.5. The van der Waals surface area contributed by atoms with Gasteiger partial charge in [0.25, 0.3) is 0 Å². The zero-order valence-electron chi connectivity index (χ0n) is 8.40. The van der Waals surface area contributed by atoms with E-state index < -0.39 is 5.97 Å². The van der Waals surface area contributed by atoms with Gasteiger partial charge in [0.05, 0.1) is 0 Å². The van der Waals surface area contributed by atoms with Crippen molar-refractivity contribution >= 4 is 17.3 Å². The molecule has 0 aliphatic carbocycles. The molecule has 1 heterocycles. The first-order valence-electron chi connectivity index (χ1n) is 4.87. The summed E-state index contributed by atoms with van der Waals surface area (Å²) in [6.45, 7) is 1.77. The summed E-state index contributed by atoms with van der Waals surface area (Å²) in [5.41, 5.74) is 0. The maximum Gasteiger partial charge on any atom is 0.345 e. The molecule has 1 aromatic heterocycles. The van der Waals surface area contributed by atoms with Crippen molar-refractivity contribution in [2.45, 2.75) is 19.4 Å². The SMILES string of the molecule is O=C(O)c1ccc(CNCCCCO)s1. The Morgan fingerprint density at radius 2 is 2.20 bits per heavy atom. The van der Waals surface area contributed by atoms with E-state index in [9.17, 15) is 4.79 Å². The fourth-order valence-electron chi connectivity index (χ4n) is 1.16. The van der Waals surface area contributed by atoms with Crippen molar-refractivity contribution in [3.63, 3.8) is 0 Å². The molecule has 3 N–H and O–H groups in total. The molecule has 0 bridgehead atoms. The second-order valence-corrected chi connectivity index (χ2v) is 4.35. The van der Waals surface area contributed by atoms with E-state index in [1.807, 2.05) is 6.07 Å². The quantitative estimate of drug-likeness (QED) is 0.617. The first-order chi connectivity index (χ1) is 7.24. The van der Waals surface area contributed by atoms with E-state index in [0.717, 1.165) is 24.3 Å². The van der Waals surface area contributed by atoms with E-state index >= 15 is 0 Å². The summed E-state index contributed by atoms with van der Waals surface area (Å²) >= 11 is 1.29. The van der Waals surface area contributed by atoms with Gasteiger partial charge in [-0.15, -0.1) is 11.3 Å². The largest absolute Gasteiger partial charge is 0.477 e. The highest BCUT2D eigenvalue weighted by Gasteiger charge is 2.05. The van der Waals surface area contributed by atoms with Crippen molar-refractivity contribution in [2.24, 2.45) is 0 Å². The molecule has 84 valence electrons. The Labute approximate surface area is 92.6 Å². The highest BCUT2D eigenvalue weighted by molar-refractivity contribution is 7.13. The Hall–Kier alpha value is -0.910. The Kier molecular flexibility index (Phi) is 5.31. The highest BCUT2D eigenvalue weighted by Crippen LogP contribution is 2.15. The van der Waals surface area contributed by atoms with Crippen LogP contribution < -0.4 is 5.32 Å². The van der Waals surface area contributed by atoms with Gasteiger partial charge in [-0.3, -0.25) is 0 Å². The molecule has 15 heavy (non-hydrogen) atoms. The third-order valence-corrected chi connectivity index (χ3v) is 3.01. The molecule has 1 aromatic rings. The molecule has 0 saturated carbocycles. The van der Waals surface area contributed by atoms with Gasteiger partial charge in [-0.1, -0.05) is 0 Å². The molecule has 4 nitrogen and oxygen atoms in total. The van der Waals surface area contributed by atoms with E-state index in [-0.39, 0.29) is 6.61 Å². The number of carbonyl (C=O) groups is 1. The van der Waals surface area contributed by atoms with E-state index in [0.29, 0.717) is 11.4 Å². The molecule has 0 radical (unpaired) electrons. The number of aliphatic hydroxyl groups is 1. The predicted molar refractivity (Wildman–Crippen MR) is 59.3 cm³/mol. The lowest BCUT2D eigenvalue weighted by Gasteiger charge is -2.00. The summed E-state index contributed by atoms with van der Waals surface area (Å²) in [6.07, 6.45) is 1.74. The molecule has 0 aliphatic rings. The van der Waals surface area contributed by atoms with Crippen LogP contribution in [0.1, 0.15) is 27.4 Å². The van der Waals surface area contributed by atoms with Crippen LogP contribution in [0.4, 0.5) is 0 Å². The van der Waals surface area contributed by atoms with Crippen molar-refractivity contribution in [2.75, 3.05) is 13.2 Å². The molecule has 0 aliphatic heterocycles. The van der Waals surface area contributed by atoms with E-state index in [1.54, 1.807) is 6.07 Å². The molecule has 5 heteroatoms. The molecule has 0 amide bonds. The summed E-state index contributed by atoms with van der Waals surface area (Å²) in [7, 11) is 0. The first-order valence-corrected chi connectivity index (χ1v) is 5.69. The third kappa shape index (κ3) is 4.42. The van der Waals surface area contributed by atoms with Crippen molar-refractivity contribution in [3.8, 4) is 0 Å². The first kappa shape index (κ1) is 12.2. The number of carboxylic acid groups (broad SMARTS) is 1. The lowest BCUT2D eigenvalue weighted by molar-refractivity contribution is 0.0702. The van der Waals surface area contributed by atoms with Crippen LogP contribution in [-0.2, 0) is 6.54 Å². The summed E-state index contributed by atoms with van der Waals surface area (Å²) < 4.78 is 0. The van der Waals surface area contributed by atoms with Crippen LogP contribution in [0.5, 0.6) is 0 Å². The van der Waals surface area contributed by atoms with Gasteiger partial charge in [0.2, 0.25) is 0 Å². The smallest absolute Gasteiger partial charge is 0.345 e. The van der Waals surface area contributed by atoms with Crippen molar-refractivity contribution < 1.29 is 15.0 Å². The van der Waals surface area contributed by atoms with Crippen LogP contribution in [-0.4, -0.2) is 29.3 Å². The average Bonchev–Trinajstić information content (AvgIpc) is 2.66. The van der Waals surface area contributed by atoms with Crippen LogP contribution in [0.3, 0.4) is 0 Å². The Bertz CT molecular complexity index is 311. The second-order valence-electron chi connectivity index (χ2n) is 3.18. The van der Waals surface area contributed by atoms with Crippen LogP contribution in [0, 0.1) is 0 Å². The molecule has 1 rings (SSSR count). The maximum atomic E-state index is 10.6. The number of hydrogen-bond acceptors (Lipinski definition) is 4. The maximum absolute atomic E-state index is 10.6. The standard InChI is InChI=1S/C10H15NO3S/c12-6-2-1-5-11-7-8-3-4-9(15-8)10(13)14/h3-4,11-12H,1-2,5-7H2,(H,13,14). The van der Waals surface area contributed by atoms with Gasteiger partial charge in [0.15, 0.2) is 0 Å². The fraction of sp³-hybridized carbons (Fsp3) is 0.500. The number of aliphatic hydroxyl groups excluding tert-OH is 1. The average molecular weight is 229 g/mol. The van der Waals surface area contributed by atoms with Gasteiger partial charge in [0, 0.05) is 18.0 Å². The Balaban J connectivity index is 2.23. The fourth-order valence-corrected chi connectivity index (χ4v) is 1.98. The number of nitrogens with one attached hydrogen (secondary N) is 1. The number of hydrogen-bond donors (Lipinski definition) is 3. The molecule has 0 saturated heterocycles. The number of aromatic carboxylic acids is 1. The van der Waals surface area contributed by atoms with Crippen molar-refractivity contribution in [1.82, 2.24) is 5.32 Å². The summed E-state index contributed by atoms with van der Waals surface area (Å²) in [6, 6.07) is 3.45.